The van der Waals surface area contributed by atoms with Gasteiger partial charge in [-0.1, -0.05) is 29.3 Å². The Hall–Kier alpha value is -2.83. The van der Waals surface area contributed by atoms with Crippen LogP contribution in [0.1, 0.15) is 15.9 Å². The van der Waals surface area contributed by atoms with Gasteiger partial charge in [0.05, 0.1) is 12.1 Å². The fraction of sp³-hybridized carbons (Fsp3) is 0.105. The van der Waals surface area contributed by atoms with Crippen molar-refractivity contribution < 1.29 is 14.3 Å². The number of rotatable bonds is 6. The van der Waals surface area contributed by atoms with Crippen LogP contribution in [0.25, 0.3) is 0 Å². The molecule has 0 aliphatic carbocycles. The van der Waals surface area contributed by atoms with Crippen molar-refractivity contribution in [1.82, 2.24) is 15.3 Å². The lowest BCUT2D eigenvalue weighted by Gasteiger charge is -2.13. The summed E-state index contributed by atoms with van der Waals surface area (Å²) < 4.78 is 11.0. The van der Waals surface area contributed by atoms with Gasteiger partial charge in [0.2, 0.25) is 5.88 Å². The summed E-state index contributed by atoms with van der Waals surface area (Å²) in [5.74, 6) is 0.747. The van der Waals surface area contributed by atoms with Gasteiger partial charge in [0, 0.05) is 41.8 Å². The second-order valence-electron chi connectivity index (χ2n) is 5.40. The zero-order chi connectivity index (χ0) is 19.2. The number of hydrogen-bond donors (Lipinski definition) is 1. The van der Waals surface area contributed by atoms with Crippen molar-refractivity contribution in [1.29, 1.82) is 0 Å². The van der Waals surface area contributed by atoms with Crippen LogP contribution in [0, 0.1) is 0 Å². The molecule has 0 fully saturated rings. The smallest absolute Gasteiger partial charge is 0.256 e. The van der Waals surface area contributed by atoms with Crippen LogP contribution in [0.15, 0.2) is 55.0 Å². The van der Waals surface area contributed by atoms with Gasteiger partial charge in [-0.05, 0) is 24.3 Å². The van der Waals surface area contributed by atoms with Gasteiger partial charge in [-0.3, -0.25) is 9.78 Å². The van der Waals surface area contributed by atoms with Crippen molar-refractivity contribution in [2.45, 2.75) is 6.54 Å². The molecule has 1 N–H and O–H groups in total. The standard InChI is InChI=1S/C19H15Cl2N3O3/c1-26-19-12(3-2-7-23-19)10-24-18(25)14-11-22-8-6-16(14)27-17-9-13(20)4-5-15(17)21/h2-9,11H,10H2,1H3,(H,24,25). The second kappa shape index (κ2) is 8.70. The molecule has 6 nitrogen and oxygen atoms in total. The van der Waals surface area contributed by atoms with Gasteiger partial charge in [-0.2, -0.15) is 0 Å². The van der Waals surface area contributed by atoms with Crippen LogP contribution in [-0.2, 0) is 6.54 Å². The van der Waals surface area contributed by atoms with Crippen molar-refractivity contribution >= 4 is 29.1 Å². The molecule has 0 aliphatic heterocycles. The summed E-state index contributed by atoms with van der Waals surface area (Å²) in [5, 5.41) is 3.65. The Morgan fingerprint density at radius 3 is 2.81 bits per heavy atom. The van der Waals surface area contributed by atoms with Crippen molar-refractivity contribution in [3.63, 3.8) is 0 Å². The molecular formula is C19H15Cl2N3O3. The minimum atomic E-state index is -0.359. The van der Waals surface area contributed by atoms with E-state index in [0.717, 1.165) is 5.56 Å². The summed E-state index contributed by atoms with van der Waals surface area (Å²) in [6, 6.07) is 10.0. The van der Waals surface area contributed by atoms with Gasteiger partial charge < -0.3 is 14.8 Å². The Bertz CT molecular complexity index is 966. The SMILES string of the molecule is COc1ncccc1CNC(=O)c1cnccc1Oc1cc(Cl)ccc1Cl. The minimum absolute atomic E-state index is 0.238. The molecule has 0 unspecified atom stereocenters. The maximum atomic E-state index is 12.6. The van der Waals surface area contributed by atoms with Crippen LogP contribution in [0.2, 0.25) is 10.0 Å². The van der Waals surface area contributed by atoms with E-state index in [2.05, 4.69) is 15.3 Å². The van der Waals surface area contributed by atoms with Crippen LogP contribution in [0.3, 0.4) is 0 Å². The average molecular weight is 404 g/mol. The lowest BCUT2D eigenvalue weighted by Crippen LogP contribution is -2.23. The molecule has 27 heavy (non-hydrogen) atoms. The number of amides is 1. The van der Waals surface area contributed by atoms with E-state index in [1.165, 1.54) is 19.5 Å². The van der Waals surface area contributed by atoms with Gasteiger partial charge in [-0.15, -0.1) is 0 Å². The van der Waals surface area contributed by atoms with E-state index >= 15 is 0 Å². The molecule has 1 amide bonds. The van der Waals surface area contributed by atoms with E-state index in [-0.39, 0.29) is 18.0 Å². The number of carbonyl (C=O) groups excluding carboxylic acids is 1. The molecule has 2 aromatic heterocycles. The van der Waals surface area contributed by atoms with Gasteiger partial charge in [0.15, 0.2) is 0 Å². The number of nitrogens with zero attached hydrogens (tertiary/aromatic N) is 2. The van der Waals surface area contributed by atoms with Crippen LogP contribution in [-0.4, -0.2) is 23.0 Å². The first-order chi connectivity index (χ1) is 13.1. The van der Waals surface area contributed by atoms with E-state index in [9.17, 15) is 4.79 Å². The third kappa shape index (κ3) is 4.67. The summed E-state index contributed by atoms with van der Waals surface area (Å²) in [6.07, 6.45) is 4.56. The van der Waals surface area contributed by atoms with Gasteiger partial charge in [0.1, 0.15) is 17.1 Å². The fourth-order valence-electron chi connectivity index (χ4n) is 2.33. The quantitative estimate of drug-likeness (QED) is 0.654. The number of carbonyl (C=O) groups is 1. The maximum Gasteiger partial charge on any atom is 0.256 e. The van der Waals surface area contributed by atoms with Crippen LogP contribution >= 0.6 is 23.2 Å². The Labute approximate surface area is 166 Å². The zero-order valence-electron chi connectivity index (χ0n) is 14.3. The number of hydrogen-bond acceptors (Lipinski definition) is 5. The largest absolute Gasteiger partial charge is 0.481 e. The Balaban J connectivity index is 1.78. The molecule has 3 aromatic rings. The van der Waals surface area contributed by atoms with Crippen molar-refractivity contribution in [2.75, 3.05) is 7.11 Å². The summed E-state index contributed by atoms with van der Waals surface area (Å²) in [5.41, 5.74) is 1.01. The van der Waals surface area contributed by atoms with Crippen LogP contribution in [0.4, 0.5) is 0 Å². The van der Waals surface area contributed by atoms with Crippen LogP contribution < -0.4 is 14.8 Å². The first-order valence-corrected chi connectivity index (χ1v) is 8.67. The molecular weight excluding hydrogens is 389 g/mol. The molecule has 1 aromatic carbocycles. The topological polar surface area (TPSA) is 73.3 Å². The number of aromatic nitrogens is 2. The first kappa shape index (κ1) is 18.9. The van der Waals surface area contributed by atoms with Crippen molar-refractivity contribution in [2.24, 2.45) is 0 Å². The van der Waals surface area contributed by atoms with E-state index in [1.54, 1.807) is 36.5 Å². The number of ether oxygens (including phenoxy) is 2. The summed E-state index contributed by atoms with van der Waals surface area (Å²) in [6.45, 7) is 0.238. The number of benzene rings is 1. The highest BCUT2D eigenvalue weighted by Gasteiger charge is 2.15. The van der Waals surface area contributed by atoms with E-state index in [4.69, 9.17) is 32.7 Å². The molecule has 0 aliphatic rings. The number of nitrogens with one attached hydrogen (secondary N) is 1. The predicted molar refractivity (Wildman–Crippen MR) is 103 cm³/mol. The lowest BCUT2D eigenvalue weighted by atomic mass is 10.2. The summed E-state index contributed by atoms with van der Waals surface area (Å²) >= 11 is 12.1. The third-order valence-corrected chi connectivity index (χ3v) is 4.17. The van der Waals surface area contributed by atoms with Crippen LogP contribution in [0.5, 0.6) is 17.4 Å². The monoisotopic (exact) mass is 403 g/mol. The molecule has 2 heterocycles. The third-order valence-electron chi connectivity index (χ3n) is 3.62. The first-order valence-electron chi connectivity index (χ1n) is 7.91. The molecule has 3 rings (SSSR count). The van der Waals surface area contributed by atoms with E-state index in [0.29, 0.717) is 27.4 Å². The van der Waals surface area contributed by atoms with Gasteiger partial charge in [0.25, 0.3) is 5.91 Å². The van der Waals surface area contributed by atoms with Gasteiger partial charge >= 0.3 is 0 Å². The highest BCUT2D eigenvalue weighted by molar-refractivity contribution is 6.34. The van der Waals surface area contributed by atoms with E-state index < -0.39 is 0 Å². The zero-order valence-corrected chi connectivity index (χ0v) is 15.8. The Morgan fingerprint density at radius 2 is 2.00 bits per heavy atom. The molecule has 0 bridgehead atoms. The predicted octanol–water partition coefficient (Wildman–Crippen LogP) is 4.51. The molecule has 0 radical (unpaired) electrons. The summed E-state index contributed by atoms with van der Waals surface area (Å²) in [4.78, 5) is 20.7. The fourth-order valence-corrected chi connectivity index (χ4v) is 2.65. The maximum absolute atomic E-state index is 12.6. The second-order valence-corrected chi connectivity index (χ2v) is 6.25. The van der Waals surface area contributed by atoms with Crippen molar-refractivity contribution in [3.8, 4) is 17.4 Å². The number of methoxy groups -OCH3 is 1. The van der Waals surface area contributed by atoms with Crippen molar-refractivity contribution in [3.05, 3.63) is 76.2 Å². The lowest BCUT2D eigenvalue weighted by molar-refractivity contribution is 0.0948. The Kier molecular flexibility index (Phi) is 6.11. The molecule has 138 valence electrons. The normalized spacial score (nSPS) is 10.3. The summed E-state index contributed by atoms with van der Waals surface area (Å²) in [7, 11) is 1.52. The van der Waals surface area contributed by atoms with E-state index in [1.807, 2.05) is 6.07 Å². The van der Waals surface area contributed by atoms with Gasteiger partial charge in [-0.25, -0.2) is 4.98 Å². The molecule has 0 saturated heterocycles. The molecule has 0 spiro atoms. The Morgan fingerprint density at radius 1 is 1.15 bits per heavy atom. The number of pyridine rings is 2. The number of halogens is 2. The highest BCUT2D eigenvalue weighted by Crippen LogP contribution is 2.33. The molecule has 0 saturated carbocycles. The minimum Gasteiger partial charge on any atom is -0.481 e. The highest BCUT2D eigenvalue weighted by atomic mass is 35.5. The molecule has 0 atom stereocenters. The average Bonchev–Trinajstić information content (AvgIpc) is 2.69. The molecule has 8 heteroatoms.